The molecule has 1 amide bonds. The third-order valence-electron chi connectivity index (χ3n) is 3.40. The molecule has 0 atom stereocenters. The van der Waals surface area contributed by atoms with Crippen LogP contribution in [0.1, 0.15) is 11.1 Å². The first-order chi connectivity index (χ1) is 9.17. The van der Waals surface area contributed by atoms with E-state index < -0.39 is 6.67 Å². The predicted molar refractivity (Wildman–Crippen MR) is 72.2 cm³/mol. The number of halogens is 1. The molecule has 0 spiro atoms. The molecule has 0 aliphatic carbocycles. The van der Waals surface area contributed by atoms with E-state index in [4.69, 9.17) is 5.73 Å². The fourth-order valence-electron chi connectivity index (χ4n) is 2.40. The van der Waals surface area contributed by atoms with E-state index in [1.54, 1.807) is 6.07 Å². The molecule has 1 aromatic rings. The van der Waals surface area contributed by atoms with E-state index in [1.807, 2.05) is 18.2 Å². The maximum atomic E-state index is 12.6. The molecule has 5 heteroatoms. The number of nitrogens with zero attached hydrogens (tertiary/aromatic N) is 2. The summed E-state index contributed by atoms with van der Waals surface area (Å²) >= 11 is 0. The highest BCUT2D eigenvalue weighted by atomic mass is 19.1. The second kappa shape index (κ2) is 6.63. The molecule has 0 bridgehead atoms. The standard InChI is InChI=1S/C14H20FN3O/c15-9-12-2-1-3-13(8-12)10-17-4-6-18(7-5-17)11-14(16)19/h1-3,8H,4-7,9-11H2,(H2,16,19). The molecular weight excluding hydrogens is 245 g/mol. The van der Waals surface area contributed by atoms with Crippen molar-refractivity contribution in [2.75, 3.05) is 32.7 Å². The summed E-state index contributed by atoms with van der Waals surface area (Å²) in [5, 5.41) is 0. The summed E-state index contributed by atoms with van der Waals surface area (Å²) < 4.78 is 12.6. The van der Waals surface area contributed by atoms with Gasteiger partial charge in [-0.25, -0.2) is 4.39 Å². The van der Waals surface area contributed by atoms with Crippen LogP contribution in [-0.4, -0.2) is 48.4 Å². The van der Waals surface area contributed by atoms with Crippen LogP contribution in [0.3, 0.4) is 0 Å². The Balaban J connectivity index is 1.83. The van der Waals surface area contributed by atoms with Gasteiger partial charge in [0.25, 0.3) is 0 Å². The van der Waals surface area contributed by atoms with Crippen LogP contribution in [0.15, 0.2) is 24.3 Å². The SMILES string of the molecule is NC(=O)CN1CCN(Cc2cccc(CF)c2)CC1. The van der Waals surface area contributed by atoms with Gasteiger partial charge < -0.3 is 5.73 Å². The topological polar surface area (TPSA) is 49.6 Å². The van der Waals surface area contributed by atoms with Gasteiger partial charge in [0.05, 0.1) is 6.54 Å². The van der Waals surface area contributed by atoms with E-state index >= 15 is 0 Å². The third-order valence-corrected chi connectivity index (χ3v) is 3.40. The van der Waals surface area contributed by atoms with E-state index in [2.05, 4.69) is 9.80 Å². The van der Waals surface area contributed by atoms with Gasteiger partial charge in [-0.15, -0.1) is 0 Å². The highest BCUT2D eigenvalue weighted by Gasteiger charge is 2.17. The molecule has 104 valence electrons. The molecule has 1 fully saturated rings. The number of hydrogen-bond acceptors (Lipinski definition) is 3. The van der Waals surface area contributed by atoms with Gasteiger partial charge in [-0.05, 0) is 11.1 Å². The Morgan fingerprint density at radius 1 is 1.16 bits per heavy atom. The zero-order valence-electron chi connectivity index (χ0n) is 11.0. The van der Waals surface area contributed by atoms with Crippen LogP contribution in [0.4, 0.5) is 4.39 Å². The Morgan fingerprint density at radius 3 is 2.42 bits per heavy atom. The Morgan fingerprint density at radius 2 is 1.79 bits per heavy atom. The zero-order chi connectivity index (χ0) is 13.7. The number of hydrogen-bond donors (Lipinski definition) is 1. The minimum absolute atomic E-state index is 0.274. The molecule has 1 heterocycles. The van der Waals surface area contributed by atoms with Crippen LogP contribution < -0.4 is 5.73 Å². The normalized spacial score (nSPS) is 17.5. The van der Waals surface area contributed by atoms with Gasteiger partial charge in [0, 0.05) is 32.7 Å². The highest BCUT2D eigenvalue weighted by molar-refractivity contribution is 5.75. The summed E-state index contributed by atoms with van der Waals surface area (Å²) in [7, 11) is 0. The van der Waals surface area contributed by atoms with Crippen LogP contribution in [0.5, 0.6) is 0 Å². The number of alkyl halides is 1. The maximum absolute atomic E-state index is 12.6. The quantitative estimate of drug-likeness (QED) is 0.855. The lowest BCUT2D eigenvalue weighted by molar-refractivity contribution is -0.119. The molecule has 1 aliphatic rings. The lowest BCUT2D eigenvalue weighted by Gasteiger charge is -2.34. The maximum Gasteiger partial charge on any atom is 0.231 e. The Bertz CT molecular complexity index is 430. The van der Waals surface area contributed by atoms with Gasteiger partial charge in [-0.1, -0.05) is 24.3 Å². The number of rotatable bonds is 5. The Labute approximate surface area is 113 Å². The second-order valence-corrected chi connectivity index (χ2v) is 4.97. The van der Waals surface area contributed by atoms with Crippen molar-refractivity contribution in [3.8, 4) is 0 Å². The number of carbonyl (C=O) groups is 1. The Kier molecular flexibility index (Phi) is 4.87. The lowest BCUT2D eigenvalue weighted by Crippen LogP contribution is -2.48. The van der Waals surface area contributed by atoms with Crippen molar-refractivity contribution in [1.29, 1.82) is 0 Å². The summed E-state index contributed by atoms with van der Waals surface area (Å²) in [6, 6.07) is 7.63. The number of nitrogens with two attached hydrogens (primary N) is 1. The van der Waals surface area contributed by atoms with E-state index in [0.717, 1.165) is 43.9 Å². The zero-order valence-corrected chi connectivity index (χ0v) is 11.0. The fraction of sp³-hybridized carbons (Fsp3) is 0.500. The Hall–Kier alpha value is -1.46. The van der Waals surface area contributed by atoms with E-state index in [1.165, 1.54) is 0 Å². The van der Waals surface area contributed by atoms with Crippen LogP contribution >= 0.6 is 0 Å². The van der Waals surface area contributed by atoms with Crippen LogP contribution in [-0.2, 0) is 18.0 Å². The van der Waals surface area contributed by atoms with Gasteiger partial charge in [0.2, 0.25) is 5.91 Å². The molecule has 4 nitrogen and oxygen atoms in total. The van der Waals surface area contributed by atoms with Crippen molar-refractivity contribution < 1.29 is 9.18 Å². The fourth-order valence-corrected chi connectivity index (χ4v) is 2.40. The number of amides is 1. The average Bonchev–Trinajstić information content (AvgIpc) is 2.41. The number of primary amides is 1. The molecule has 19 heavy (non-hydrogen) atoms. The highest BCUT2D eigenvalue weighted by Crippen LogP contribution is 2.11. The third kappa shape index (κ3) is 4.29. The van der Waals surface area contributed by atoms with Gasteiger partial charge in [-0.3, -0.25) is 14.6 Å². The second-order valence-electron chi connectivity index (χ2n) is 4.97. The van der Waals surface area contributed by atoms with Crippen molar-refractivity contribution in [2.24, 2.45) is 5.73 Å². The molecule has 1 aliphatic heterocycles. The van der Waals surface area contributed by atoms with Gasteiger partial charge >= 0.3 is 0 Å². The molecule has 1 aromatic carbocycles. The molecule has 2 rings (SSSR count). The van der Waals surface area contributed by atoms with Gasteiger partial charge in [-0.2, -0.15) is 0 Å². The summed E-state index contributed by atoms with van der Waals surface area (Å²) in [5.41, 5.74) is 7.05. The minimum atomic E-state index is -0.416. The van der Waals surface area contributed by atoms with Crippen molar-refractivity contribution in [3.05, 3.63) is 35.4 Å². The van der Waals surface area contributed by atoms with E-state index in [0.29, 0.717) is 6.54 Å². The van der Waals surface area contributed by atoms with Crippen LogP contribution in [0.2, 0.25) is 0 Å². The van der Waals surface area contributed by atoms with E-state index in [-0.39, 0.29) is 5.91 Å². The lowest BCUT2D eigenvalue weighted by atomic mass is 10.1. The summed E-state index contributed by atoms with van der Waals surface area (Å²) in [6.45, 7) is 4.28. The molecule has 1 saturated heterocycles. The summed E-state index contributed by atoms with van der Waals surface area (Å²) in [6.07, 6.45) is 0. The smallest absolute Gasteiger partial charge is 0.231 e. The molecule has 0 radical (unpaired) electrons. The number of benzene rings is 1. The van der Waals surface area contributed by atoms with Crippen molar-refractivity contribution in [1.82, 2.24) is 9.80 Å². The summed E-state index contributed by atoms with van der Waals surface area (Å²) in [5.74, 6) is -0.274. The first-order valence-corrected chi connectivity index (χ1v) is 6.54. The molecule has 0 unspecified atom stereocenters. The first-order valence-electron chi connectivity index (χ1n) is 6.54. The molecular formula is C14H20FN3O. The van der Waals surface area contributed by atoms with Crippen LogP contribution in [0, 0.1) is 0 Å². The van der Waals surface area contributed by atoms with Crippen molar-refractivity contribution >= 4 is 5.91 Å². The molecule has 2 N–H and O–H groups in total. The number of piperazine rings is 1. The van der Waals surface area contributed by atoms with Crippen LogP contribution in [0.25, 0.3) is 0 Å². The van der Waals surface area contributed by atoms with Gasteiger partial charge in [0.1, 0.15) is 6.67 Å². The van der Waals surface area contributed by atoms with Crippen molar-refractivity contribution in [3.63, 3.8) is 0 Å². The monoisotopic (exact) mass is 265 g/mol. The first kappa shape index (κ1) is 14.0. The summed E-state index contributed by atoms with van der Waals surface area (Å²) in [4.78, 5) is 15.2. The molecule has 0 aromatic heterocycles. The predicted octanol–water partition coefficient (Wildman–Crippen LogP) is 0.759. The van der Waals surface area contributed by atoms with E-state index in [9.17, 15) is 9.18 Å². The molecule has 0 saturated carbocycles. The minimum Gasteiger partial charge on any atom is -0.369 e. The van der Waals surface area contributed by atoms with Crippen molar-refractivity contribution in [2.45, 2.75) is 13.2 Å². The van der Waals surface area contributed by atoms with Gasteiger partial charge in [0.15, 0.2) is 0 Å². The average molecular weight is 265 g/mol. The number of carbonyl (C=O) groups excluding carboxylic acids is 1. The largest absolute Gasteiger partial charge is 0.369 e.